The van der Waals surface area contributed by atoms with E-state index in [1.807, 2.05) is 12.1 Å². The number of benzene rings is 1. The van der Waals surface area contributed by atoms with Crippen LogP contribution in [0.1, 0.15) is 18.4 Å². The highest BCUT2D eigenvalue weighted by molar-refractivity contribution is 6.30. The first-order valence-electron chi connectivity index (χ1n) is 4.23. The molecule has 0 aromatic heterocycles. The van der Waals surface area contributed by atoms with E-state index in [-0.39, 0.29) is 17.0 Å². The number of hydrogen-bond donors (Lipinski definition) is 1. The molecule has 2 rings (SSSR count). The molecule has 0 spiro atoms. The molecular weight excluding hydrogens is 249 g/mol. The predicted octanol–water partition coefficient (Wildman–Crippen LogP) is -0.666. The summed E-state index contributed by atoms with van der Waals surface area (Å²) in [6.45, 7) is 0.759. The van der Waals surface area contributed by atoms with Crippen LogP contribution in [0.5, 0.6) is 0 Å². The largest absolute Gasteiger partial charge is 1.00 e. The summed E-state index contributed by atoms with van der Waals surface area (Å²) < 4.78 is 0. The Bertz CT molecular complexity index is 279. The second kappa shape index (κ2) is 3.99. The van der Waals surface area contributed by atoms with Crippen LogP contribution in [0.25, 0.3) is 0 Å². The number of halogens is 2. The molecule has 0 atom stereocenters. The Labute approximate surface area is 94.0 Å². The fourth-order valence-electron chi connectivity index (χ4n) is 1.56. The van der Waals surface area contributed by atoms with Crippen molar-refractivity contribution in [2.45, 2.75) is 18.3 Å². The average Bonchev–Trinajstić information content (AvgIpc) is 2.86. The second-order valence-corrected chi connectivity index (χ2v) is 3.93. The maximum atomic E-state index is 5.79. The normalized spacial score (nSPS) is 17.7. The van der Waals surface area contributed by atoms with E-state index in [0.717, 1.165) is 11.6 Å². The topological polar surface area (TPSA) is 26.0 Å². The van der Waals surface area contributed by atoms with Crippen molar-refractivity contribution in [2.24, 2.45) is 5.73 Å². The first-order valence-corrected chi connectivity index (χ1v) is 4.61. The summed E-state index contributed by atoms with van der Waals surface area (Å²) in [4.78, 5) is 0. The fourth-order valence-corrected chi connectivity index (χ4v) is 1.69. The van der Waals surface area contributed by atoms with Gasteiger partial charge in [-0.15, -0.1) is 0 Å². The predicted molar refractivity (Wildman–Crippen MR) is 51.4 cm³/mol. The lowest BCUT2D eigenvalue weighted by Gasteiger charge is -2.11. The summed E-state index contributed by atoms with van der Waals surface area (Å²) in [5.74, 6) is 0. The van der Waals surface area contributed by atoms with Gasteiger partial charge < -0.3 is 22.7 Å². The van der Waals surface area contributed by atoms with Gasteiger partial charge in [-0.1, -0.05) is 23.7 Å². The first-order chi connectivity index (χ1) is 5.77. The molecule has 0 aliphatic heterocycles. The molecule has 3 heteroatoms. The minimum Gasteiger partial charge on any atom is -1.00 e. The van der Waals surface area contributed by atoms with Gasteiger partial charge in [-0.25, -0.2) is 0 Å². The molecule has 72 valence electrons. The number of nitrogens with two attached hydrogens (primary N) is 1. The van der Waals surface area contributed by atoms with Crippen LogP contribution in [0.3, 0.4) is 0 Å². The Balaban J connectivity index is 0.000000845. The van der Waals surface area contributed by atoms with Crippen molar-refractivity contribution < 1.29 is 17.0 Å². The molecule has 1 saturated carbocycles. The van der Waals surface area contributed by atoms with E-state index < -0.39 is 0 Å². The molecule has 0 amide bonds. The van der Waals surface area contributed by atoms with Crippen LogP contribution in [0.2, 0.25) is 5.02 Å². The molecule has 2 N–H and O–H groups in total. The minimum absolute atomic E-state index is 0. The van der Waals surface area contributed by atoms with Crippen molar-refractivity contribution in [3.63, 3.8) is 0 Å². The van der Waals surface area contributed by atoms with Crippen LogP contribution < -0.4 is 22.7 Å². The molecule has 1 aromatic carbocycles. The molecule has 1 fully saturated rings. The number of hydrogen-bond acceptors (Lipinski definition) is 1. The minimum atomic E-state index is 0. The molecule has 1 aliphatic carbocycles. The SMILES string of the molecule is NCC1(c2ccc(Cl)cc2)CC1.[Br-]. The van der Waals surface area contributed by atoms with Crippen molar-refractivity contribution in [3.05, 3.63) is 34.9 Å². The monoisotopic (exact) mass is 260 g/mol. The van der Waals surface area contributed by atoms with Crippen molar-refractivity contribution >= 4 is 11.6 Å². The van der Waals surface area contributed by atoms with Gasteiger partial charge >= 0.3 is 0 Å². The van der Waals surface area contributed by atoms with E-state index in [1.165, 1.54) is 18.4 Å². The molecule has 0 heterocycles. The molecular formula is C10H12BrClN-. The highest BCUT2D eigenvalue weighted by Crippen LogP contribution is 2.47. The summed E-state index contributed by atoms with van der Waals surface area (Å²) in [5, 5.41) is 0.798. The van der Waals surface area contributed by atoms with Crippen molar-refractivity contribution in [1.82, 2.24) is 0 Å². The van der Waals surface area contributed by atoms with E-state index in [1.54, 1.807) is 0 Å². The second-order valence-electron chi connectivity index (χ2n) is 3.49. The molecule has 1 nitrogen and oxygen atoms in total. The maximum absolute atomic E-state index is 5.79. The van der Waals surface area contributed by atoms with Gasteiger partial charge in [0.15, 0.2) is 0 Å². The fraction of sp³-hybridized carbons (Fsp3) is 0.400. The van der Waals surface area contributed by atoms with Gasteiger partial charge in [-0.2, -0.15) is 0 Å². The third-order valence-corrected chi connectivity index (χ3v) is 2.95. The van der Waals surface area contributed by atoms with Crippen LogP contribution >= 0.6 is 11.6 Å². The van der Waals surface area contributed by atoms with Crippen LogP contribution in [0.15, 0.2) is 24.3 Å². The lowest BCUT2D eigenvalue weighted by molar-refractivity contribution is -0.00000245. The van der Waals surface area contributed by atoms with Crippen LogP contribution in [-0.4, -0.2) is 6.54 Å². The Hall–Kier alpha value is -0.0500. The molecule has 0 saturated heterocycles. The zero-order valence-electron chi connectivity index (χ0n) is 7.26. The van der Waals surface area contributed by atoms with Crippen LogP contribution in [-0.2, 0) is 5.41 Å². The summed E-state index contributed by atoms with van der Waals surface area (Å²) >= 11 is 5.79. The van der Waals surface area contributed by atoms with Gasteiger partial charge in [0.05, 0.1) is 0 Å². The summed E-state index contributed by atoms with van der Waals surface area (Å²) in [5.41, 5.74) is 7.34. The smallest absolute Gasteiger partial charge is 0.0406 e. The van der Waals surface area contributed by atoms with Crippen molar-refractivity contribution in [2.75, 3.05) is 6.54 Å². The van der Waals surface area contributed by atoms with Gasteiger partial charge in [-0.05, 0) is 30.5 Å². The van der Waals surface area contributed by atoms with Crippen molar-refractivity contribution in [1.29, 1.82) is 0 Å². The molecule has 1 aromatic rings. The molecule has 0 radical (unpaired) electrons. The average molecular weight is 262 g/mol. The van der Waals surface area contributed by atoms with Gasteiger partial charge in [0.25, 0.3) is 0 Å². The molecule has 0 bridgehead atoms. The van der Waals surface area contributed by atoms with E-state index in [4.69, 9.17) is 17.3 Å². The Morgan fingerprint density at radius 1 is 1.23 bits per heavy atom. The lowest BCUT2D eigenvalue weighted by Crippen LogP contribution is -3.00. The zero-order chi connectivity index (χ0) is 8.60. The third kappa shape index (κ3) is 2.06. The Kier molecular flexibility index (Phi) is 3.38. The highest BCUT2D eigenvalue weighted by Gasteiger charge is 2.42. The van der Waals surface area contributed by atoms with Gasteiger partial charge in [0.2, 0.25) is 0 Å². The zero-order valence-corrected chi connectivity index (χ0v) is 9.61. The summed E-state index contributed by atoms with van der Waals surface area (Å²) in [7, 11) is 0. The highest BCUT2D eigenvalue weighted by atomic mass is 79.9. The van der Waals surface area contributed by atoms with E-state index in [9.17, 15) is 0 Å². The number of rotatable bonds is 2. The Morgan fingerprint density at radius 3 is 2.15 bits per heavy atom. The van der Waals surface area contributed by atoms with Gasteiger partial charge in [0, 0.05) is 17.0 Å². The van der Waals surface area contributed by atoms with E-state index in [2.05, 4.69) is 12.1 Å². The molecule has 0 unspecified atom stereocenters. The standard InChI is InChI=1S/C10H12ClN.BrH/c11-9-3-1-8(2-4-9)10(7-12)5-6-10;/h1-4H,5-7,12H2;1H/p-1. The lowest BCUT2D eigenvalue weighted by atomic mass is 9.96. The summed E-state index contributed by atoms with van der Waals surface area (Å²) in [6, 6.07) is 8.05. The molecule has 1 aliphatic rings. The van der Waals surface area contributed by atoms with Gasteiger partial charge in [0.1, 0.15) is 0 Å². The Morgan fingerprint density at radius 2 is 1.77 bits per heavy atom. The van der Waals surface area contributed by atoms with Crippen molar-refractivity contribution in [3.8, 4) is 0 Å². The maximum Gasteiger partial charge on any atom is 0.0406 e. The van der Waals surface area contributed by atoms with Crippen LogP contribution in [0.4, 0.5) is 0 Å². The quantitative estimate of drug-likeness (QED) is 0.751. The third-order valence-electron chi connectivity index (χ3n) is 2.70. The summed E-state index contributed by atoms with van der Waals surface area (Å²) in [6.07, 6.45) is 2.45. The first kappa shape index (κ1) is 11.0. The molecule has 13 heavy (non-hydrogen) atoms. The van der Waals surface area contributed by atoms with E-state index >= 15 is 0 Å². The van der Waals surface area contributed by atoms with Crippen LogP contribution in [0, 0.1) is 0 Å². The van der Waals surface area contributed by atoms with E-state index in [0.29, 0.717) is 5.41 Å². The van der Waals surface area contributed by atoms with Gasteiger partial charge in [-0.3, -0.25) is 0 Å².